The van der Waals surface area contributed by atoms with E-state index in [1.807, 2.05) is 6.92 Å². The molecule has 0 radical (unpaired) electrons. The van der Waals surface area contributed by atoms with Crippen LogP contribution >= 0.6 is 11.3 Å². The fraction of sp³-hybridized carbons (Fsp3) is 0.312. The van der Waals surface area contributed by atoms with Gasteiger partial charge in [-0.25, -0.2) is 0 Å². The maximum atomic E-state index is 11.1. The zero-order chi connectivity index (χ0) is 15.4. The molecule has 21 heavy (non-hydrogen) atoms. The monoisotopic (exact) mass is 304 g/mol. The van der Waals surface area contributed by atoms with Gasteiger partial charge < -0.3 is 16.2 Å². The first-order chi connectivity index (χ1) is 10.0. The Morgan fingerprint density at radius 2 is 1.90 bits per heavy atom. The number of carbonyl (C=O) groups excluding carboxylic acids is 1. The minimum Gasteiger partial charge on any atom is -0.483 e. The molecule has 0 aliphatic rings. The van der Waals surface area contributed by atoms with Gasteiger partial charge in [0.1, 0.15) is 11.9 Å². The average Bonchev–Trinajstić information content (AvgIpc) is 2.90. The second-order valence-electron chi connectivity index (χ2n) is 4.95. The predicted octanol–water partition coefficient (Wildman–Crippen LogP) is 3.01. The Bertz CT molecular complexity index is 607. The number of ether oxygens (including phenoxy) is 1. The summed E-state index contributed by atoms with van der Waals surface area (Å²) in [5.74, 6) is 0.234. The van der Waals surface area contributed by atoms with Crippen LogP contribution in [0.5, 0.6) is 5.75 Å². The van der Waals surface area contributed by atoms with E-state index in [1.54, 1.807) is 35.6 Å². The molecule has 0 spiro atoms. The summed E-state index contributed by atoms with van der Waals surface area (Å²) in [5, 5.41) is 0. The van der Waals surface area contributed by atoms with Crippen LogP contribution in [0.15, 0.2) is 36.4 Å². The fourth-order valence-electron chi connectivity index (χ4n) is 2.02. The third kappa shape index (κ3) is 3.83. The number of hydrogen-bond acceptors (Lipinski definition) is 4. The topological polar surface area (TPSA) is 78.3 Å². The maximum Gasteiger partial charge on any atom is 0.248 e. The summed E-state index contributed by atoms with van der Waals surface area (Å²) in [5.41, 5.74) is 11.9. The molecule has 0 saturated heterocycles. The summed E-state index contributed by atoms with van der Waals surface area (Å²) in [7, 11) is 0. The summed E-state index contributed by atoms with van der Waals surface area (Å²) in [6.45, 7) is 4.10. The van der Waals surface area contributed by atoms with Gasteiger partial charge in [-0.05, 0) is 49.7 Å². The van der Waals surface area contributed by atoms with Crippen LogP contribution in [0.4, 0.5) is 0 Å². The van der Waals surface area contributed by atoms with Crippen molar-refractivity contribution in [3.05, 3.63) is 51.7 Å². The van der Waals surface area contributed by atoms with Gasteiger partial charge in [0.15, 0.2) is 0 Å². The van der Waals surface area contributed by atoms with Crippen LogP contribution in [0.3, 0.4) is 0 Å². The molecule has 0 bridgehead atoms. The Balaban J connectivity index is 2.20. The number of rotatable bonds is 6. The fourth-order valence-corrected chi connectivity index (χ4v) is 3.00. The van der Waals surface area contributed by atoms with E-state index < -0.39 is 5.91 Å². The second kappa shape index (κ2) is 6.74. The lowest BCUT2D eigenvalue weighted by molar-refractivity contribution is 0.1000. The van der Waals surface area contributed by atoms with Crippen LogP contribution in [-0.4, -0.2) is 11.9 Å². The van der Waals surface area contributed by atoms with Gasteiger partial charge in [0.2, 0.25) is 5.91 Å². The minimum atomic E-state index is -0.447. The van der Waals surface area contributed by atoms with E-state index in [9.17, 15) is 4.79 Å². The summed E-state index contributed by atoms with van der Waals surface area (Å²) in [6, 6.07) is 10.8. The van der Waals surface area contributed by atoms with E-state index >= 15 is 0 Å². The van der Waals surface area contributed by atoms with Crippen molar-refractivity contribution in [1.29, 1.82) is 0 Å². The van der Waals surface area contributed by atoms with Crippen LogP contribution < -0.4 is 16.2 Å². The molecule has 112 valence electrons. The minimum absolute atomic E-state index is 0.0844. The van der Waals surface area contributed by atoms with E-state index in [0.717, 1.165) is 11.3 Å². The molecule has 1 heterocycles. The highest BCUT2D eigenvalue weighted by molar-refractivity contribution is 7.12. The molecule has 0 aliphatic heterocycles. The second-order valence-corrected chi connectivity index (χ2v) is 6.27. The van der Waals surface area contributed by atoms with Gasteiger partial charge in [-0.1, -0.05) is 6.92 Å². The molecule has 2 rings (SSSR count). The molecule has 0 fully saturated rings. The van der Waals surface area contributed by atoms with Crippen molar-refractivity contribution in [2.24, 2.45) is 11.5 Å². The summed E-state index contributed by atoms with van der Waals surface area (Å²) < 4.78 is 6.03. The highest BCUT2D eigenvalue weighted by Gasteiger charge is 2.22. The third-order valence-corrected chi connectivity index (χ3v) is 4.37. The van der Waals surface area contributed by atoms with E-state index in [0.29, 0.717) is 11.3 Å². The molecule has 1 aromatic carbocycles. The van der Waals surface area contributed by atoms with Gasteiger partial charge in [-0.2, -0.15) is 0 Å². The zero-order valence-corrected chi connectivity index (χ0v) is 13.0. The van der Waals surface area contributed by atoms with E-state index in [1.165, 1.54) is 4.88 Å². The Hall–Kier alpha value is -1.85. The van der Waals surface area contributed by atoms with Gasteiger partial charge in [0.25, 0.3) is 0 Å². The molecular weight excluding hydrogens is 284 g/mol. The number of benzene rings is 1. The Morgan fingerprint density at radius 3 is 2.38 bits per heavy atom. The number of amides is 1. The molecule has 1 amide bonds. The number of primary amides is 1. The van der Waals surface area contributed by atoms with Crippen molar-refractivity contribution in [3.8, 4) is 5.75 Å². The van der Waals surface area contributed by atoms with E-state index in [2.05, 4.69) is 19.1 Å². The van der Waals surface area contributed by atoms with Crippen molar-refractivity contribution < 1.29 is 9.53 Å². The third-order valence-electron chi connectivity index (χ3n) is 3.30. The molecule has 2 aromatic rings. The smallest absolute Gasteiger partial charge is 0.248 e. The van der Waals surface area contributed by atoms with E-state index in [-0.39, 0.29) is 12.1 Å². The first-order valence-corrected chi connectivity index (χ1v) is 7.71. The quantitative estimate of drug-likeness (QED) is 0.861. The van der Waals surface area contributed by atoms with Crippen molar-refractivity contribution >= 4 is 17.2 Å². The molecule has 5 heteroatoms. The highest BCUT2D eigenvalue weighted by Crippen LogP contribution is 2.30. The molecule has 4 N–H and O–H groups in total. The van der Waals surface area contributed by atoms with Crippen molar-refractivity contribution in [3.63, 3.8) is 0 Å². The standard InChI is InChI=1S/C16H20N2O2S/c1-3-13(17)15(14-9-4-10(2)21-14)20-12-7-5-11(6-8-12)16(18)19/h4-9,13,15H,3,17H2,1-2H3,(H2,18,19). The summed E-state index contributed by atoms with van der Waals surface area (Å²) >= 11 is 1.69. The highest BCUT2D eigenvalue weighted by atomic mass is 32.1. The number of thiophene rings is 1. The van der Waals surface area contributed by atoms with Crippen molar-refractivity contribution in [2.75, 3.05) is 0 Å². The molecule has 1 aromatic heterocycles. The van der Waals surface area contributed by atoms with Crippen LogP contribution in [-0.2, 0) is 0 Å². The first kappa shape index (κ1) is 15.5. The largest absolute Gasteiger partial charge is 0.483 e. The summed E-state index contributed by atoms with van der Waals surface area (Å²) in [4.78, 5) is 13.4. The van der Waals surface area contributed by atoms with Crippen LogP contribution in [0.2, 0.25) is 0 Å². The van der Waals surface area contributed by atoms with Gasteiger partial charge in [-0.3, -0.25) is 4.79 Å². The molecular formula is C16H20N2O2S. The van der Waals surface area contributed by atoms with E-state index in [4.69, 9.17) is 16.2 Å². The number of aryl methyl sites for hydroxylation is 1. The lowest BCUT2D eigenvalue weighted by Crippen LogP contribution is -2.30. The van der Waals surface area contributed by atoms with Crippen LogP contribution in [0.25, 0.3) is 0 Å². The predicted molar refractivity (Wildman–Crippen MR) is 85.7 cm³/mol. The van der Waals surface area contributed by atoms with Gasteiger partial charge in [0, 0.05) is 21.4 Å². The van der Waals surface area contributed by atoms with Crippen LogP contribution in [0.1, 0.15) is 39.6 Å². The number of carbonyl (C=O) groups is 1. The Labute approximate surface area is 128 Å². The van der Waals surface area contributed by atoms with Crippen molar-refractivity contribution in [1.82, 2.24) is 0 Å². The van der Waals surface area contributed by atoms with Gasteiger partial charge in [0.05, 0.1) is 0 Å². The summed E-state index contributed by atoms with van der Waals surface area (Å²) in [6.07, 6.45) is 0.634. The average molecular weight is 304 g/mol. The number of hydrogen-bond donors (Lipinski definition) is 2. The molecule has 2 atom stereocenters. The Morgan fingerprint density at radius 1 is 1.24 bits per heavy atom. The molecule has 0 saturated carbocycles. The van der Waals surface area contributed by atoms with Gasteiger partial charge in [-0.15, -0.1) is 11.3 Å². The first-order valence-electron chi connectivity index (χ1n) is 6.89. The molecule has 4 nitrogen and oxygen atoms in total. The lowest BCUT2D eigenvalue weighted by atomic mass is 10.1. The molecule has 0 aliphatic carbocycles. The lowest BCUT2D eigenvalue weighted by Gasteiger charge is -2.23. The normalized spacial score (nSPS) is 13.7. The maximum absolute atomic E-state index is 11.1. The van der Waals surface area contributed by atoms with Crippen molar-refractivity contribution in [2.45, 2.75) is 32.4 Å². The zero-order valence-electron chi connectivity index (χ0n) is 12.2. The SMILES string of the molecule is CCC(N)C(Oc1ccc(C(N)=O)cc1)c1ccc(C)s1. The molecule has 2 unspecified atom stereocenters. The van der Waals surface area contributed by atoms with Gasteiger partial charge >= 0.3 is 0 Å². The number of nitrogens with two attached hydrogens (primary N) is 2. The van der Waals surface area contributed by atoms with Crippen LogP contribution in [0, 0.1) is 6.92 Å². The Kier molecular flexibility index (Phi) is 4.98.